The molecule has 2 fully saturated rings. The molecule has 1 aliphatic heterocycles. The van der Waals surface area contributed by atoms with Gasteiger partial charge in [0.2, 0.25) is 21.8 Å². The lowest BCUT2D eigenvalue weighted by atomic mass is 9.92. The van der Waals surface area contributed by atoms with Crippen molar-refractivity contribution in [2.24, 2.45) is 0 Å². The lowest BCUT2D eigenvalue weighted by Crippen LogP contribution is -2.70. The summed E-state index contributed by atoms with van der Waals surface area (Å²) in [5, 5.41) is 3.45. The number of piperazine rings is 1. The predicted molar refractivity (Wildman–Crippen MR) is 118 cm³/mol. The summed E-state index contributed by atoms with van der Waals surface area (Å²) >= 11 is 6.36. The fraction of sp³-hybridized carbons (Fsp3) is 0.619. The van der Waals surface area contributed by atoms with Crippen molar-refractivity contribution in [1.29, 1.82) is 0 Å². The summed E-state index contributed by atoms with van der Waals surface area (Å²) in [4.78, 5) is 28.0. The maximum Gasteiger partial charge on any atom is 0.247 e. The minimum absolute atomic E-state index is 0.0198. The molecule has 0 bridgehead atoms. The van der Waals surface area contributed by atoms with Crippen LogP contribution in [0.5, 0.6) is 0 Å². The number of nitrogens with zero attached hydrogens (tertiary/aromatic N) is 2. The number of hydrogen-bond acceptors (Lipinski definition) is 4. The van der Waals surface area contributed by atoms with E-state index in [0.29, 0.717) is 10.7 Å². The number of amides is 2. The number of halogens is 1. The van der Waals surface area contributed by atoms with Crippen LogP contribution in [-0.2, 0) is 19.6 Å². The molecule has 1 unspecified atom stereocenters. The standard InChI is InChI=1S/C21H30ClN3O4S/c1-21(20(27)23-16-10-6-4-3-5-7-11-16)15-24(30(2,28)29)14-19(26)25(21)18-13-9-8-12-17(18)22/h8-9,12-13,16H,3-7,10-11,14-15H2,1-2H3,(H,23,27). The zero-order valence-electron chi connectivity index (χ0n) is 17.6. The molecule has 0 radical (unpaired) electrons. The minimum atomic E-state index is -3.65. The van der Waals surface area contributed by atoms with E-state index in [0.717, 1.165) is 49.1 Å². The number of rotatable bonds is 4. The van der Waals surface area contributed by atoms with Crippen LogP contribution in [0, 0.1) is 0 Å². The molecule has 2 amide bonds. The first kappa shape index (κ1) is 23.0. The predicted octanol–water partition coefficient (Wildman–Crippen LogP) is 2.94. The van der Waals surface area contributed by atoms with Crippen LogP contribution in [-0.4, -0.2) is 55.5 Å². The molecule has 30 heavy (non-hydrogen) atoms. The fourth-order valence-electron chi connectivity index (χ4n) is 4.35. The Balaban J connectivity index is 1.95. The van der Waals surface area contributed by atoms with Crippen molar-refractivity contribution in [3.8, 4) is 0 Å². The quantitative estimate of drug-likeness (QED) is 0.756. The molecule has 0 aromatic heterocycles. The summed E-state index contributed by atoms with van der Waals surface area (Å²) in [6.07, 6.45) is 8.43. The molecule has 1 saturated heterocycles. The van der Waals surface area contributed by atoms with Crippen LogP contribution in [0.25, 0.3) is 0 Å². The molecule has 1 aromatic rings. The van der Waals surface area contributed by atoms with Crippen molar-refractivity contribution in [2.45, 2.75) is 63.5 Å². The summed E-state index contributed by atoms with van der Waals surface area (Å²) in [6.45, 7) is 1.17. The Hall–Kier alpha value is -1.64. The van der Waals surface area contributed by atoms with E-state index in [2.05, 4.69) is 5.32 Å². The van der Waals surface area contributed by atoms with E-state index < -0.39 is 21.5 Å². The Labute approximate surface area is 183 Å². The topological polar surface area (TPSA) is 86.8 Å². The molecule has 3 rings (SSSR count). The number of hydrogen-bond donors (Lipinski definition) is 1. The van der Waals surface area contributed by atoms with Gasteiger partial charge in [0.25, 0.3) is 0 Å². The molecule has 7 nitrogen and oxygen atoms in total. The molecule has 1 N–H and O–H groups in total. The van der Waals surface area contributed by atoms with Crippen molar-refractivity contribution in [2.75, 3.05) is 24.2 Å². The summed E-state index contributed by atoms with van der Waals surface area (Å²) in [5.41, 5.74) is -1.00. The van der Waals surface area contributed by atoms with Gasteiger partial charge in [-0.1, -0.05) is 55.8 Å². The van der Waals surface area contributed by atoms with Crippen LogP contribution in [0.15, 0.2) is 24.3 Å². The van der Waals surface area contributed by atoms with Crippen LogP contribution in [0.4, 0.5) is 5.69 Å². The molecule has 0 spiro atoms. The van der Waals surface area contributed by atoms with Crippen LogP contribution in [0.1, 0.15) is 51.9 Å². The summed E-state index contributed by atoms with van der Waals surface area (Å²) in [7, 11) is -3.65. The Bertz CT molecular complexity index is 899. The van der Waals surface area contributed by atoms with E-state index in [9.17, 15) is 18.0 Å². The van der Waals surface area contributed by atoms with Gasteiger partial charge >= 0.3 is 0 Å². The second-order valence-electron chi connectivity index (χ2n) is 8.50. The van der Waals surface area contributed by atoms with Crippen molar-refractivity contribution >= 4 is 39.1 Å². The van der Waals surface area contributed by atoms with Gasteiger partial charge in [-0.2, -0.15) is 4.31 Å². The molecule has 1 aromatic carbocycles. The van der Waals surface area contributed by atoms with Gasteiger partial charge in [0.05, 0.1) is 23.5 Å². The van der Waals surface area contributed by atoms with Gasteiger partial charge in [-0.15, -0.1) is 0 Å². The van der Waals surface area contributed by atoms with Crippen molar-refractivity contribution in [3.63, 3.8) is 0 Å². The Kier molecular flexibility index (Phi) is 7.09. The Morgan fingerprint density at radius 1 is 1.13 bits per heavy atom. The molecule has 2 aliphatic rings. The summed E-state index contributed by atoms with van der Waals surface area (Å²) in [6, 6.07) is 6.84. The highest BCUT2D eigenvalue weighted by Crippen LogP contribution is 2.35. The fourth-order valence-corrected chi connectivity index (χ4v) is 5.40. The highest BCUT2D eigenvalue weighted by atomic mass is 35.5. The van der Waals surface area contributed by atoms with E-state index in [1.807, 2.05) is 0 Å². The van der Waals surface area contributed by atoms with Crippen molar-refractivity contribution in [3.05, 3.63) is 29.3 Å². The first-order valence-electron chi connectivity index (χ1n) is 10.5. The van der Waals surface area contributed by atoms with Crippen molar-refractivity contribution in [1.82, 2.24) is 9.62 Å². The third kappa shape index (κ3) is 4.98. The lowest BCUT2D eigenvalue weighted by molar-refractivity contribution is -0.133. The maximum absolute atomic E-state index is 13.5. The van der Waals surface area contributed by atoms with Gasteiger partial charge in [0.15, 0.2) is 0 Å². The largest absolute Gasteiger partial charge is 0.351 e. The molecule has 1 heterocycles. The van der Waals surface area contributed by atoms with E-state index >= 15 is 0 Å². The summed E-state index contributed by atoms with van der Waals surface area (Å²) < 4.78 is 25.5. The van der Waals surface area contributed by atoms with Crippen molar-refractivity contribution < 1.29 is 18.0 Å². The van der Waals surface area contributed by atoms with Gasteiger partial charge in [0, 0.05) is 12.6 Å². The number of sulfonamides is 1. The molecule has 166 valence electrons. The second-order valence-corrected chi connectivity index (χ2v) is 10.9. The third-order valence-corrected chi connectivity index (χ3v) is 7.55. The van der Waals surface area contributed by atoms with E-state index in [1.165, 1.54) is 11.3 Å². The van der Waals surface area contributed by atoms with Gasteiger partial charge < -0.3 is 5.32 Å². The van der Waals surface area contributed by atoms with Gasteiger partial charge in [0.1, 0.15) is 5.54 Å². The van der Waals surface area contributed by atoms with Gasteiger partial charge in [-0.3, -0.25) is 14.5 Å². The monoisotopic (exact) mass is 455 g/mol. The SMILES string of the molecule is CC1(C(=O)NC2CCCCCCC2)CN(S(C)(=O)=O)CC(=O)N1c1ccccc1Cl. The van der Waals surface area contributed by atoms with E-state index in [4.69, 9.17) is 11.6 Å². The normalized spacial score (nSPS) is 24.9. The van der Waals surface area contributed by atoms with E-state index in [-0.39, 0.29) is 25.0 Å². The molecule has 1 saturated carbocycles. The first-order valence-corrected chi connectivity index (χ1v) is 12.7. The lowest BCUT2D eigenvalue weighted by Gasteiger charge is -2.47. The number of anilines is 1. The average Bonchev–Trinajstić information content (AvgIpc) is 2.64. The molecular formula is C21H30ClN3O4S. The summed E-state index contributed by atoms with van der Waals surface area (Å²) in [5.74, 6) is -0.829. The highest BCUT2D eigenvalue weighted by molar-refractivity contribution is 7.88. The molecule has 1 aliphatic carbocycles. The van der Waals surface area contributed by atoms with Gasteiger partial charge in [-0.25, -0.2) is 8.42 Å². The molecule has 1 atom stereocenters. The smallest absolute Gasteiger partial charge is 0.247 e. The number of benzene rings is 1. The average molecular weight is 456 g/mol. The Morgan fingerprint density at radius 3 is 2.33 bits per heavy atom. The number of para-hydroxylation sites is 1. The molecular weight excluding hydrogens is 426 g/mol. The number of nitrogens with one attached hydrogen (secondary N) is 1. The minimum Gasteiger partial charge on any atom is -0.351 e. The second kappa shape index (κ2) is 9.24. The zero-order chi connectivity index (χ0) is 21.9. The van der Waals surface area contributed by atoms with Crippen LogP contribution >= 0.6 is 11.6 Å². The van der Waals surface area contributed by atoms with Gasteiger partial charge in [-0.05, 0) is 31.9 Å². The van der Waals surface area contributed by atoms with Crippen LogP contribution in [0.3, 0.4) is 0 Å². The number of carbonyl (C=O) groups excluding carboxylic acids is 2. The number of carbonyl (C=O) groups is 2. The zero-order valence-corrected chi connectivity index (χ0v) is 19.1. The Morgan fingerprint density at radius 2 is 1.73 bits per heavy atom. The third-order valence-electron chi connectivity index (χ3n) is 6.03. The van der Waals surface area contributed by atoms with E-state index in [1.54, 1.807) is 31.2 Å². The first-order chi connectivity index (χ1) is 14.1. The van der Waals surface area contributed by atoms with Crippen LogP contribution in [0.2, 0.25) is 5.02 Å². The van der Waals surface area contributed by atoms with Crippen LogP contribution < -0.4 is 10.2 Å². The molecule has 9 heteroatoms. The maximum atomic E-state index is 13.5. The highest BCUT2D eigenvalue weighted by Gasteiger charge is 2.51.